The highest BCUT2D eigenvalue weighted by Gasteiger charge is 2.39. The van der Waals surface area contributed by atoms with Crippen LogP contribution in [0, 0.1) is 0 Å². The monoisotopic (exact) mass is 640 g/mol. The van der Waals surface area contributed by atoms with Crippen molar-refractivity contribution in [1.82, 2.24) is 15.1 Å². The number of nitrogens with one attached hydrogen (secondary N) is 1. The summed E-state index contributed by atoms with van der Waals surface area (Å²) in [5.41, 5.74) is 8.04. The van der Waals surface area contributed by atoms with Crippen LogP contribution in [-0.4, -0.2) is 73.0 Å². The number of nitrogens with two attached hydrogens (primary N) is 1. The number of nitrogen functional groups attached to an aromatic ring is 1. The highest BCUT2D eigenvalue weighted by molar-refractivity contribution is 9.10. The molecule has 2 unspecified atom stereocenters. The van der Waals surface area contributed by atoms with Crippen molar-refractivity contribution in [3.05, 3.63) is 99.0 Å². The summed E-state index contributed by atoms with van der Waals surface area (Å²) in [5.74, 6) is -1.34. The summed E-state index contributed by atoms with van der Waals surface area (Å²) in [7, 11) is 1.95. The van der Waals surface area contributed by atoms with Gasteiger partial charge in [-0.05, 0) is 74.8 Å². The minimum Gasteiger partial charge on any atom is -0.463 e. The number of anilines is 1. The summed E-state index contributed by atoms with van der Waals surface area (Å²) in [4.78, 5) is 45.0. The Morgan fingerprint density at radius 1 is 1.07 bits per heavy atom. The summed E-state index contributed by atoms with van der Waals surface area (Å²) in [5, 5.41) is 3.44. The highest BCUT2D eigenvalue weighted by atomic mass is 79.9. The molecule has 0 saturated carbocycles. The van der Waals surface area contributed by atoms with Gasteiger partial charge >= 0.3 is 5.97 Å². The van der Waals surface area contributed by atoms with Crippen LogP contribution >= 0.6 is 27.5 Å². The third kappa shape index (κ3) is 8.31. The fourth-order valence-corrected chi connectivity index (χ4v) is 5.52. The molecule has 10 heteroatoms. The number of halogens is 2. The predicted octanol–water partition coefficient (Wildman–Crippen LogP) is 4.81. The van der Waals surface area contributed by atoms with E-state index in [4.69, 9.17) is 22.1 Å². The number of carbonyl (C=O) groups is 3. The van der Waals surface area contributed by atoms with Gasteiger partial charge in [0.05, 0.1) is 11.6 Å². The molecule has 0 aromatic heterocycles. The average molecular weight is 642 g/mol. The van der Waals surface area contributed by atoms with Crippen LogP contribution in [0.5, 0.6) is 0 Å². The lowest BCUT2D eigenvalue weighted by Gasteiger charge is -2.37. The minimum atomic E-state index is -1.06. The van der Waals surface area contributed by atoms with Crippen LogP contribution < -0.4 is 11.1 Å². The first-order valence-corrected chi connectivity index (χ1v) is 14.7. The Kier molecular flexibility index (Phi) is 10.8. The quantitative estimate of drug-likeness (QED) is 0.284. The van der Waals surface area contributed by atoms with Crippen molar-refractivity contribution in [2.75, 3.05) is 39.0 Å². The Labute approximate surface area is 253 Å². The minimum absolute atomic E-state index is 0.175. The second kappa shape index (κ2) is 14.5. The molecule has 1 heterocycles. The molecular weight excluding hydrogens is 608 g/mol. The second-order valence-corrected chi connectivity index (χ2v) is 11.5. The van der Waals surface area contributed by atoms with Gasteiger partial charge in [0.1, 0.15) is 12.6 Å². The molecule has 216 valence electrons. The number of esters is 1. The van der Waals surface area contributed by atoms with E-state index in [0.29, 0.717) is 42.9 Å². The predicted molar refractivity (Wildman–Crippen MR) is 164 cm³/mol. The number of hydrogen-bond acceptors (Lipinski definition) is 6. The third-order valence-corrected chi connectivity index (χ3v) is 7.84. The third-order valence-electron chi connectivity index (χ3n) is 7.11. The van der Waals surface area contributed by atoms with Crippen LogP contribution in [0.3, 0.4) is 0 Å². The first-order valence-electron chi connectivity index (χ1n) is 13.5. The van der Waals surface area contributed by atoms with Gasteiger partial charge in [-0.3, -0.25) is 9.59 Å². The smallest absolute Gasteiger partial charge is 0.331 e. The van der Waals surface area contributed by atoms with E-state index >= 15 is 0 Å². The summed E-state index contributed by atoms with van der Waals surface area (Å²) < 4.78 is 6.47. The number of carbonyl (C=O) groups excluding carboxylic acids is 3. The largest absolute Gasteiger partial charge is 0.463 e. The highest BCUT2D eigenvalue weighted by Crippen LogP contribution is 2.23. The van der Waals surface area contributed by atoms with Crippen LogP contribution in [0.15, 0.2) is 77.3 Å². The van der Waals surface area contributed by atoms with E-state index in [9.17, 15) is 14.4 Å². The molecule has 0 aliphatic carbocycles. The standard InChI is InChI=1S/C31H34BrClN4O4/c1-36-15-6-16-37(30(39)22-9-5-10-23(32)19-22)28(31(40)41-18-17-36)27(14-11-21-7-3-2-4-8-21)35-29(38)25-13-12-24(33)20-26(25)34/h2-5,7-10,12-13,19-20,27-28H,6,11,14-18,34H2,1H3,(H,35,38). The van der Waals surface area contributed by atoms with E-state index in [1.807, 2.05) is 43.4 Å². The first kappa shape index (κ1) is 30.6. The average Bonchev–Trinajstić information content (AvgIpc) is 2.95. The molecule has 3 aromatic rings. The number of hydrogen-bond donors (Lipinski definition) is 2. The Bertz CT molecular complexity index is 1370. The van der Waals surface area contributed by atoms with Crippen molar-refractivity contribution in [2.45, 2.75) is 31.3 Å². The van der Waals surface area contributed by atoms with Crippen LogP contribution in [0.4, 0.5) is 5.69 Å². The molecule has 1 fully saturated rings. The van der Waals surface area contributed by atoms with Gasteiger partial charge in [-0.25, -0.2) is 4.79 Å². The van der Waals surface area contributed by atoms with Crippen molar-refractivity contribution in [3.8, 4) is 0 Å². The molecule has 8 nitrogen and oxygen atoms in total. The summed E-state index contributed by atoms with van der Waals surface area (Å²) >= 11 is 9.50. The van der Waals surface area contributed by atoms with E-state index in [-0.39, 0.29) is 23.8 Å². The van der Waals surface area contributed by atoms with Gasteiger partial charge in [-0.1, -0.05) is 63.9 Å². The van der Waals surface area contributed by atoms with Gasteiger partial charge in [-0.2, -0.15) is 0 Å². The first-order chi connectivity index (χ1) is 19.7. The normalized spacial score (nSPS) is 17.4. The molecule has 4 rings (SSSR count). The number of likely N-dealkylation sites (N-methyl/N-ethyl adjacent to an activating group) is 1. The number of aryl methyl sites for hydroxylation is 1. The molecule has 3 aromatic carbocycles. The number of cyclic esters (lactones) is 1. The molecular formula is C31H34BrClN4O4. The van der Waals surface area contributed by atoms with Gasteiger partial charge in [0.25, 0.3) is 11.8 Å². The SMILES string of the molecule is CN1CCCN(C(=O)c2cccc(Br)c2)C(C(CCc2ccccc2)NC(=O)c2ccc(Cl)cc2N)C(=O)OCC1. The molecule has 0 spiro atoms. The Morgan fingerprint density at radius 3 is 2.59 bits per heavy atom. The zero-order valence-corrected chi connectivity index (χ0v) is 25.2. The van der Waals surface area contributed by atoms with E-state index in [1.54, 1.807) is 35.2 Å². The van der Waals surface area contributed by atoms with Crippen molar-refractivity contribution in [1.29, 1.82) is 0 Å². The number of benzene rings is 3. The number of ether oxygens (including phenoxy) is 1. The van der Waals surface area contributed by atoms with Gasteiger partial charge in [0.15, 0.2) is 0 Å². The van der Waals surface area contributed by atoms with Gasteiger partial charge in [-0.15, -0.1) is 0 Å². The zero-order valence-electron chi connectivity index (χ0n) is 22.9. The molecule has 2 atom stereocenters. The van der Waals surface area contributed by atoms with Crippen molar-refractivity contribution >= 4 is 51.0 Å². The summed E-state index contributed by atoms with van der Waals surface area (Å²) in [6.45, 7) is 1.76. The van der Waals surface area contributed by atoms with Gasteiger partial charge < -0.3 is 25.6 Å². The lowest BCUT2D eigenvalue weighted by atomic mass is 9.96. The lowest BCUT2D eigenvalue weighted by molar-refractivity contribution is -0.151. The van der Waals surface area contributed by atoms with E-state index in [2.05, 4.69) is 26.1 Å². The Morgan fingerprint density at radius 2 is 1.85 bits per heavy atom. The molecule has 2 amide bonds. The maximum absolute atomic E-state index is 14.0. The van der Waals surface area contributed by atoms with E-state index < -0.39 is 24.0 Å². The molecule has 41 heavy (non-hydrogen) atoms. The fraction of sp³-hybridized carbons (Fsp3) is 0.323. The molecule has 0 bridgehead atoms. The Hall–Kier alpha value is -3.40. The number of nitrogens with zero attached hydrogens (tertiary/aromatic N) is 2. The molecule has 1 saturated heterocycles. The van der Waals surface area contributed by atoms with Crippen molar-refractivity contribution in [3.63, 3.8) is 0 Å². The number of rotatable bonds is 7. The van der Waals surface area contributed by atoms with E-state index in [1.165, 1.54) is 6.07 Å². The van der Waals surface area contributed by atoms with Gasteiger partial charge in [0, 0.05) is 33.8 Å². The molecule has 1 aliphatic heterocycles. The van der Waals surface area contributed by atoms with E-state index in [0.717, 1.165) is 16.6 Å². The molecule has 1 aliphatic rings. The van der Waals surface area contributed by atoms with Crippen LogP contribution in [0.25, 0.3) is 0 Å². The zero-order chi connectivity index (χ0) is 29.4. The van der Waals surface area contributed by atoms with Crippen molar-refractivity contribution in [2.24, 2.45) is 0 Å². The van der Waals surface area contributed by atoms with Crippen LogP contribution in [-0.2, 0) is 16.0 Å². The van der Waals surface area contributed by atoms with Crippen molar-refractivity contribution < 1.29 is 19.1 Å². The Balaban J connectivity index is 1.74. The molecule has 3 N–H and O–H groups in total. The topological polar surface area (TPSA) is 105 Å². The fourth-order valence-electron chi connectivity index (χ4n) is 4.94. The maximum Gasteiger partial charge on any atom is 0.331 e. The number of amides is 2. The second-order valence-electron chi connectivity index (χ2n) is 10.1. The summed E-state index contributed by atoms with van der Waals surface area (Å²) in [6.07, 6.45) is 1.59. The molecule has 0 radical (unpaired) electrons. The van der Waals surface area contributed by atoms with Crippen LogP contribution in [0.1, 0.15) is 39.1 Å². The maximum atomic E-state index is 14.0. The van der Waals surface area contributed by atoms with Crippen LogP contribution in [0.2, 0.25) is 5.02 Å². The summed E-state index contributed by atoms with van der Waals surface area (Å²) in [6, 6.07) is 19.6. The lowest BCUT2D eigenvalue weighted by Crippen LogP contribution is -2.59. The van der Waals surface area contributed by atoms with Gasteiger partial charge in [0.2, 0.25) is 0 Å².